The van der Waals surface area contributed by atoms with Crippen molar-refractivity contribution in [3.05, 3.63) is 47.0 Å². The Balaban J connectivity index is 2.33. The Morgan fingerprint density at radius 1 is 1.16 bits per heavy atom. The van der Waals surface area contributed by atoms with Crippen LogP contribution in [0.1, 0.15) is 5.56 Å². The van der Waals surface area contributed by atoms with Crippen LogP contribution in [-0.4, -0.2) is 7.11 Å². The van der Waals surface area contributed by atoms with Crippen LogP contribution in [-0.2, 0) is 0 Å². The Hall–Kier alpha value is -2.38. The van der Waals surface area contributed by atoms with E-state index in [1.807, 2.05) is 6.07 Å². The van der Waals surface area contributed by atoms with Gasteiger partial charge in [0.05, 0.1) is 29.5 Å². The summed E-state index contributed by atoms with van der Waals surface area (Å²) in [5.41, 5.74) is 6.76. The second-order valence-electron chi connectivity index (χ2n) is 3.76. The maximum Gasteiger partial charge on any atom is 0.154 e. The number of anilines is 1. The van der Waals surface area contributed by atoms with Gasteiger partial charge in [-0.1, -0.05) is 11.6 Å². The first-order valence-electron chi connectivity index (χ1n) is 5.45. The molecule has 0 atom stereocenters. The van der Waals surface area contributed by atoms with E-state index >= 15 is 0 Å². The summed E-state index contributed by atoms with van der Waals surface area (Å²) in [6.07, 6.45) is 0. The molecule has 0 fully saturated rings. The van der Waals surface area contributed by atoms with E-state index < -0.39 is 0 Å². The molecule has 0 aliphatic carbocycles. The van der Waals surface area contributed by atoms with Crippen molar-refractivity contribution < 1.29 is 9.47 Å². The van der Waals surface area contributed by atoms with Gasteiger partial charge < -0.3 is 15.2 Å². The summed E-state index contributed by atoms with van der Waals surface area (Å²) >= 11 is 6.04. The standard InChI is InChI=1S/C14H11ClN2O2/c1-18-10-3-4-12(17)14(7-10)19-13-5-2-9(8-16)6-11(13)15/h2-7H,17H2,1H3. The molecule has 2 aromatic rings. The molecule has 0 aromatic heterocycles. The topological polar surface area (TPSA) is 68.3 Å². The molecule has 0 bridgehead atoms. The van der Waals surface area contributed by atoms with E-state index in [9.17, 15) is 0 Å². The molecule has 0 unspecified atom stereocenters. The maximum atomic E-state index is 8.77. The number of nitriles is 1. The number of benzene rings is 2. The molecule has 96 valence electrons. The van der Waals surface area contributed by atoms with Crippen LogP contribution in [0.4, 0.5) is 5.69 Å². The Bertz CT molecular complexity index is 650. The molecule has 0 amide bonds. The molecule has 19 heavy (non-hydrogen) atoms. The molecule has 0 aliphatic heterocycles. The molecule has 0 heterocycles. The first-order chi connectivity index (χ1) is 9.13. The van der Waals surface area contributed by atoms with Crippen LogP contribution in [0.3, 0.4) is 0 Å². The third-order valence-corrected chi connectivity index (χ3v) is 2.80. The maximum absolute atomic E-state index is 8.77. The van der Waals surface area contributed by atoms with Crippen LogP contribution in [0.2, 0.25) is 5.02 Å². The number of halogens is 1. The fourth-order valence-electron chi connectivity index (χ4n) is 1.50. The van der Waals surface area contributed by atoms with Crippen molar-refractivity contribution >= 4 is 17.3 Å². The largest absolute Gasteiger partial charge is 0.497 e. The predicted molar refractivity (Wildman–Crippen MR) is 73.6 cm³/mol. The third kappa shape index (κ3) is 2.90. The van der Waals surface area contributed by atoms with E-state index in [1.54, 1.807) is 37.4 Å². The van der Waals surface area contributed by atoms with Crippen molar-refractivity contribution in [2.24, 2.45) is 0 Å². The van der Waals surface area contributed by atoms with Gasteiger partial charge in [0.2, 0.25) is 0 Å². The van der Waals surface area contributed by atoms with Gasteiger partial charge in [-0.15, -0.1) is 0 Å². The lowest BCUT2D eigenvalue weighted by atomic mass is 10.2. The van der Waals surface area contributed by atoms with E-state index in [4.69, 9.17) is 32.1 Å². The number of ether oxygens (including phenoxy) is 2. The zero-order valence-electron chi connectivity index (χ0n) is 10.2. The van der Waals surface area contributed by atoms with E-state index in [-0.39, 0.29) is 0 Å². The monoisotopic (exact) mass is 274 g/mol. The van der Waals surface area contributed by atoms with Gasteiger partial charge in [0, 0.05) is 6.07 Å². The van der Waals surface area contributed by atoms with Crippen LogP contribution in [0.5, 0.6) is 17.2 Å². The second kappa shape index (κ2) is 5.51. The molecular weight excluding hydrogens is 264 g/mol. The SMILES string of the molecule is COc1ccc(N)c(Oc2ccc(C#N)cc2Cl)c1. The molecule has 0 spiro atoms. The molecule has 2 aromatic carbocycles. The minimum absolute atomic E-state index is 0.348. The normalized spacial score (nSPS) is 9.74. The van der Waals surface area contributed by atoms with Crippen molar-refractivity contribution in [2.75, 3.05) is 12.8 Å². The van der Waals surface area contributed by atoms with E-state index in [2.05, 4.69) is 0 Å². The number of hydrogen-bond acceptors (Lipinski definition) is 4. The van der Waals surface area contributed by atoms with Crippen LogP contribution < -0.4 is 15.2 Å². The zero-order chi connectivity index (χ0) is 13.8. The quantitative estimate of drug-likeness (QED) is 0.869. The highest BCUT2D eigenvalue weighted by molar-refractivity contribution is 6.32. The van der Waals surface area contributed by atoms with Gasteiger partial charge in [0.25, 0.3) is 0 Å². The highest BCUT2D eigenvalue weighted by Gasteiger charge is 2.08. The molecule has 2 rings (SSSR count). The lowest BCUT2D eigenvalue weighted by Gasteiger charge is -2.11. The Morgan fingerprint density at radius 2 is 1.95 bits per heavy atom. The average molecular weight is 275 g/mol. The minimum Gasteiger partial charge on any atom is -0.497 e. The summed E-state index contributed by atoms with van der Waals surface area (Å²) in [5, 5.41) is 9.12. The molecule has 0 aliphatic rings. The van der Waals surface area contributed by atoms with Crippen molar-refractivity contribution in [1.29, 1.82) is 5.26 Å². The fraction of sp³-hybridized carbons (Fsp3) is 0.0714. The molecule has 0 saturated heterocycles. The van der Waals surface area contributed by atoms with E-state index in [1.165, 1.54) is 6.07 Å². The molecule has 0 radical (unpaired) electrons. The summed E-state index contributed by atoms with van der Waals surface area (Å²) in [5.74, 6) is 1.51. The average Bonchev–Trinajstić information content (AvgIpc) is 2.43. The number of hydrogen-bond donors (Lipinski definition) is 1. The van der Waals surface area contributed by atoms with Gasteiger partial charge in [-0.2, -0.15) is 5.26 Å². The van der Waals surface area contributed by atoms with Crippen LogP contribution in [0.25, 0.3) is 0 Å². The smallest absolute Gasteiger partial charge is 0.154 e. The number of nitrogen functional groups attached to an aromatic ring is 1. The Labute approximate surface area is 115 Å². The zero-order valence-corrected chi connectivity index (χ0v) is 10.9. The van der Waals surface area contributed by atoms with Crippen LogP contribution in [0.15, 0.2) is 36.4 Å². The van der Waals surface area contributed by atoms with Gasteiger partial charge >= 0.3 is 0 Å². The summed E-state index contributed by atoms with van der Waals surface area (Å²) in [6, 6.07) is 11.9. The van der Waals surface area contributed by atoms with Crippen molar-refractivity contribution in [1.82, 2.24) is 0 Å². The van der Waals surface area contributed by atoms with Gasteiger partial charge in [-0.3, -0.25) is 0 Å². The molecule has 0 saturated carbocycles. The van der Waals surface area contributed by atoms with Gasteiger partial charge in [-0.05, 0) is 30.3 Å². The Morgan fingerprint density at radius 3 is 2.58 bits per heavy atom. The second-order valence-corrected chi connectivity index (χ2v) is 4.17. The lowest BCUT2D eigenvalue weighted by Crippen LogP contribution is -1.94. The molecule has 5 heteroatoms. The summed E-state index contributed by atoms with van der Waals surface area (Å²) in [7, 11) is 1.56. The van der Waals surface area contributed by atoms with Crippen molar-refractivity contribution in [3.63, 3.8) is 0 Å². The number of methoxy groups -OCH3 is 1. The number of rotatable bonds is 3. The summed E-state index contributed by atoms with van der Waals surface area (Å²) in [6.45, 7) is 0. The van der Waals surface area contributed by atoms with Crippen LogP contribution in [0, 0.1) is 11.3 Å². The minimum atomic E-state index is 0.348. The van der Waals surface area contributed by atoms with Crippen molar-refractivity contribution in [3.8, 4) is 23.3 Å². The molecular formula is C14H11ClN2O2. The van der Waals surface area contributed by atoms with Gasteiger partial charge in [0.1, 0.15) is 11.5 Å². The molecule has 2 N–H and O–H groups in total. The van der Waals surface area contributed by atoms with Gasteiger partial charge in [-0.25, -0.2) is 0 Å². The lowest BCUT2D eigenvalue weighted by molar-refractivity contribution is 0.409. The fourth-order valence-corrected chi connectivity index (χ4v) is 1.72. The number of nitrogens with two attached hydrogens (primary N) is 1. The number of nitrogens with zero attached hydrogens (tertiary/aromatic N) is 1. The predicted octanol–water partition coefficient (Wildman–Crippen LogP) is 3.59. The van der Waals surface area contributed by atoms with E-state index in [0.717, 1.165) is 0 Å². The summed E-state index contributed by atoms with van der Waals surface area (Å²) in [4.78, 5) is 0. The first kappa shape index (κ1) is 13.1. The van der Waals surface area contributed by atoms with E-state index in [0.29, 0.717) is 33.5 Å². The summed E-state index contributed by atoms with van der Waals surface area (Å²) < 4.78 is 10.7. The van der Waals surface area contributed by atoms with Crippen LogP contribution >= 0.6 is 11.6 Å². The third-order valence-electron chi connectivity index (χ3n) is 2.50. The molecule has 4 nitrogen and oxygen atoms in total. The van der Waals surface area contributed by atoms with Crippen molar-refractivity contribution in [2.45, 2.75) is 0 Å². The highest BCUT2D eigenvalue weighted by atomic mass is 35.5. The Kier molecular flexibility index (Phi) is 3.79. The first-order valence-corrected chi connectivity index (χ1v) is 5.83. The highest BCUT2D eigenvalue weighted by Crippen LogP contribution is 2.34. The van der Waals surface area contributed by atoms with Gasteiger partial charge in [0.15, 0.2) is 5.75 Å².